The van der Waals surface area contributed by atoms with E-state index in [9.17, 15) is 14.4 Å². The van der Waals surface area contributed by atoms with Gasteiger partial charge in [0.25, 0.3) is 5.91 Å². The van der Waals surface area contributed by atoms with E-state index in [4.69, 9.17) is 27.9 Å². The topological polar surface area (TPSA) is 126 Å². The lowest BCUT2D eigenvalue weighted by Gasteiger charge is -2.21. The molecule has 228 valence electrons. The number of rotatable bonds is 9. The highest BCUT2D eigenvalue weighted by Crippen LogP contribution is 2.35. The van der Waals surface area contributed by atoms with Crippen LogP contribution in [0.2, 0.25) is 10.0 Å². The van der Waals surface area contributed by atoms with E-state index in [1.165, 1.54) is 4.90 Å². The Morgan fingerprint density at radius 1 is 0.867 bits per heavy atom. The number of ether oxygens (including phenoxy) is 1. The molecule has 0 unspecified atom stereocenters. The molecule has 0 atom stereocenters. The van der Waals surface area contributed by atoms with Gasteiger partial charge in [0.15, 0.2) is 0 Å². The Kier molecular flexibility index (Phi) is 9.76. The zero-order valence-electron chi connectivity index (χ0n) is 24.3. The molecule has 12 heteroatoms. The lowest BCUT2D eigenvalue weighted by Crippen LogP contribution is -2.40. The average Bonchev–Trinajstić information content (AvgIpc) is 3.04. The number of benzene rings is 3. The zero-order valence-corrected chi connectivity index (χ0v) is 25.8. The van der Waals surface area contributed by atoms with Gasteiger partial charge < -0.3 is 25.6 Å². The predicted octanol–water partition coefficient (Wildman–Crippen LogP) is 6.86. The molecule has 5 rings (SSSR count). The number of likely N-dealkylation sites (N-methyl/N-ethyl adjacent to an activating group) is 1. The maximum Gasteiger partial charge on any atom is 0.319 e. The monoisotopic (exact) mass is 642 g/mol. The molecule has 2 heterocycles. The number of pyridine rings is 2. The highest BCUT2D eigenvalue weighted by Gasteiger charge is 2.20. The number of hydrogen-bond acceptors (Lipinski definition) is 6. The smallest absolute Gasteiger partial charge is 0.319 e. The summed E-state index contributed by atoms with van der Waals surface area (Å²) in [4.78, 5) is 47.7. The Morgan fingerprint density at radius 3 is 2.36 bits per heavy atom. The molecule has 0 spiro atoms. The summed E-state index contributed by atoms with van der Waals surface area (Å²) in [5.74, 6) is -0.142. The number of aromatic nitrogens is 2. The largest absolute Gasteiger partial charge is 0.487 e. The van der Waals surface area contributed by atoms with Gasteiger partial charge in [-0.05, 0) is 67.6 Å². The molecule has 0 radical (unpaired) electrons. The van der Waals surface area contributed by atoms with Crippen LogP contribution in [-0.2, 0) is 11.4 Å². The Morgan fingerprint density at radius 2 is 1.60 bits per heavy atom. The van der Waals surface area contributed by atoms with Crippen LogP contribution in [0.1, 0.15) is 21.6 Å². The third-order valence-corrected chi connectivity index (χ3v) is 7.61. The minimum absolute atomic E-state index is 0.0487. The second-order valence-corrected chi connectivity index (χ2v) is 10.7. The zero-order chi connectivity index (χ0) is 31.9. The molecule has 0 saturated carbocycles. The molecule has 0 fully saturated rings. The molecule has 3 aromatic carbocycles. The standard InChI is InChI=1S/C33H28Cl2N6O4/c1-20-6-7-21-4-3-5-28(31(21)38-20)45-19-25-26(34)12-13-27(30(25)35)41(2)29(42)18-37-33(44)40-23-10-8-22(9-11-23)32(43)39-24-14-16-36-17-15-24/h3-17H,18-19H2,1-2H3,(H,36,39,43)(H2,37,40,44). The SMILES string of the molecule is Cc1ccc2cccc(OCc3c(Cl)ccc(N(C)C(=O)CNC(=O)Nc4ccc(C(=O)Nc5ccncc5)cc4)c3Cl)c2n1. The van der Waals surface area contributed by atoms with Crippen molar-refractivity contribution in [1.82, 2.24) is 15.3 Å². The van der Waals surface area contributed by atoms with Crippen LogP contribution < -0.4 is 25.6 Å². The number of carbonyl (C=O) groups is 3. The molecule has 5 aromatic rings. The first kappa shape index (κ1) is 31.2. The first-order chi connectivity index (χ1) is 21.7. The minimum atomic E-state index is -0.596. The van der Waals surface area contributed by atoms with Crippen LogP contribution in [0.15, 0.2) is 91.3 Å². The van der Waals surface area contributed by atoms with Gasteiger partial charge in [-0.1, -0.05) is 41.4 Å². The summed E-state index contributed by atoms with van der Waals surface area (Å²) < 4.78 is 6.08. The van der Waals surface area contributed by atoms with Crippen LogP contribution in [0, 0.1) is 6.92 Å². The van der Waals surface area contributed by atoms with Gasteiger partial charge in [-0.25, -0.2) is 9.78 Å². The summed E-state index contributed by atoms with van der Waals surface area (Å²) in [6, 6.07) is 21.9. The molecule has 45 heavy (non-hydrogen) atoms. The van der Waals surface area contributed by atoms with Crippen molar-refractivity contribution in [3.63, 3.8) is 0 Å². The third kappa shape index (κ3) is 7.67. The van der Waals surface area contributed by atoms with E-state index < -0.39 is 11.9 Å². The van der Waals surface area contributed by atoms with Gasteiger partial charge in [0, 0.05) is 58.0 Å². The summed E-state index contributed by atoms with van der Waals surface area (Å²) in [5, 5.41) is 9.51. The quantitative estimate of drug-likeness (QED) is 0.161. The highest BCUT2D eigenvalue weighted by molar-refractivity contribution is 6.38. The molecular formula is C33H28Cl2N6O4. The van der Waals surface area contributed by atoms with Gasteiger partial charge in [-0.3, -0.25) is 14.6 Å². The Labute approximate surface area is 269 Å². The van der Waals surface area contributed by atoms with Crippen molar-refractivity contribution >= 4 is 69.0 Å². The summed E-state index contributed by atoms with van der Waals surface area (Å²) in [6.07, 6.45) is 3.15. The van der Waals surface area contributed by atoms with Crippen LogP contribution >= 0.6 is 23.2 Å². The molecule has 0 aliphatic heterocycles. The molecule has 2 aromatic heterocycles. The Balaban J connectivity index is 1.17. The maximum atomic E-state index is 13.0. The molecule has 0 bridgehead atoms. The molecular weight excluding hydrogens is 615 g/mol. The van der Waals surface area contributed by atoms with E-state index in [-0.39, 0.29) is 24.1 Å². The van der Waals surface area contributed by atoms with Gasteiger partial charge in [-0.15, -0.1) is 0 Å². The predicted molar refractivity (Wildman–Crippen MR) is 176 cm³/mol. The van der Waals surface area contributed by atoms with Crippen molar-refractivity contribution in [3.05, 3.63) is 118 Å². The third-order valence-electron chi connectivity index (χ3n) is 6.84. The number of amides is 4. The summed E-state index contributed by atoms with van der Waals surface area (Å²) in [6.45, 7) is 1.65. The van der Waals surface area contributed by atoms with E-state index in [1.807, 2.05) is 37.3 Å². The lowest BCUT2D eigenvalue weighted by molar-refractivity contribution is -0.117. The van der Waals surface area contributed by atoms with Crippen molar-refractivity contribution in [2.45, 2.75) is 13.5 Å². The number of nitrogens with one attached hydrogen (secondary N) is 3. The van der Waals surface area contributed by atoms with Crippen LogP contribution in [0.5, 0.6) is 5.75 Å². The number of hydrogen-bond donors (Lipinski definition) is 3. The fourth-order valence-corrected chi connectivity index (χ4v) is 4.99. The van der Waals surface area contributed by atoms with Gasteiger partial charge in [0.05, 0.1) is 17.3 Å². The Bertz CT molecular complexity index is 1870. The number of anilines is 3. The fraction of sp³-hybridized carbons (Fsp3) is 0.121. The number of aryl methyl sites for hydroxylation is 1. The van der Waals surface area contributed by atoms with Crippen LogP contribution in [0.25, 0.3) is 10.9 Å². The van der Waals surface area contributed by atoms with Gasteiger partial charge in [0.1, 0.15) is 17.9 Å². The first-order valence-corrected chi connectivity index (χ1v) is 14.5. The molecule has 3 N–H and O–H groups in total. The number of para-hydroxylation sites is 1. The summed E-state index contributed by atoms with van der Waals surface area (Å²) in [5.41, 5.74) is 3.95. The number of nitrogens with zero attached hydrogens (tertiary/aromatic N) is 3. The molecule has 0 aliphatic carbocycles. The number of fused-ring (bicyclic) bond motifs is 1. The lowest BCUT2D eigenvalue weighted by atomic mass is 10.1. The normalized spacial score (nSPS) is 10.7. The van der Waals surface area contributed by atoms with Crippen molar-refractivity contribution in [3.8, 4) is 5.75 Å². The van der Waals surface area contributed by atoms with Crippen molar-refractivity contribution in [2.75, 3.05) is 29.1 Å². The average molecular weight is 644 g/mol. The molecule has 0 saturated heterocycles. The second-order valence-electron chi connectivity index (χ2n) is 9.96. The van der Waals surface area contributed by atoms with Crippen LogP contribution in [0.4, 0.5) is 21.9 Å². The van der Waals surface area contributed by atoms with E-state index in [2.05, 4.69) is 25.9 Å². The van der Waals surface area contributed by atoms with Crippen LogP contribution in [-0.4, -0.2) is 41.4 Å². The number of halogens is 2. The summed E-state index contributed by atoms with van der Waals surface area (Å²) in [7, 11) is 1.55. The highest BCUT2D eigenvalue weighted by atomic mass is 35.5. The van der Waals surface area contributed by atoms with Crippen LogP contribution in [0.3, 0.4) is 0 Å². The van der Waals surface area contributed by atoms with E-state index in [0.717, 1.165) is 16.6 Å². The van der Waals surface area contributed by atoms with E-state index >= 15 is 0 Å². The number of carbonyl (C=O) groups excluding carboxylic acids is 3. The van der Waals surface area contributed by atoms with Crippen molar-refractivity contribution in [1.29, 1.82) is 0 Å². The van der Waals surface area contributed by atoms with Crippen molar-refractivity contribution in [2.24, 2.45) is 0 Å². The van der Waals surface area contributed by atoms with Crippen molar-refractivity contribution < 1.29 is 19.1 Å². The maximum absolute atomic E-state index is 13.0. The molecule has 10 nitrogen and oxygen atoms in total. The van der Waals surface area contributed by atoms with Gasteiger partial charge >= 0.3 is 6.03 Å². The van der Waals surface area contributed by atoms with E-state index in [1.54, 1.807) is 68.0 Å². The number of urea groups is 1. The first-order valence-electron chi connectivity index (χ1n) is 13.8. The summed E-state index contributed by atoms with van der Waals surface area (Å²) >= 11 is 13.2. The minimum Gasteiger partial charge on any atom is -0.487 e. The second kappa shape index (κ2) is 14.1. The van der Waals surface area contributed by atoms with Gasteiger partial charge in [-0.2, -0.15) is 0 Å². The molecule has 4 amide bonds. The van der Waals surface area contributed by atoms with E-state index in [0.29, 0.717) is 39.0 Å². The fourth-order valence-electron chi connectivity index (χ4n) is 4.39. The Hall–Kier alpha value is -5.19. The molecule has 0 aliphatic rings. The van der Waals surface area contributed by atoms with Gasteiger partial charge in [0.2, 0.25) is 5.91 Å².